The van der Waals surface area contributed by atoms with Gasteiger partial charge in [0.15, 0.2) is 0 Å². The summed E-state index contributed by atoms with van der Waals surface area (Å²) in [6.45, 7) is 2.05. The second-order valence-electron chi connectivity index (χ2n) is 3.57. The van der Waals surface area contributed by atoms with Crippen molar-refractivity contribution in [2.45, 2.75) is 19.5 Å². The molecule has 1 aliphatic rings. The van der Waals surface area contributed by atoms with Gasteiger partial charge in [-0.05, 0) is 6.92 Å². The first-order valence-corrected chi connectivity index (χ1v) is 5.32. The minimum atomic E-state index is -0.499. The van der Waals surface area contributed by atoms with E-state index in [4.69, 9.17) is 4.74 Å². The van der Waals surface area contributed by atoms with Crippen LogP contribution in [0.5, 0.6) is 0 Å². The number of hydrogen-bond donors (Lipinski definition) is 1. The average molecular weight is 244 g/mol. The van der Waals surface area contributed by atoms with Crippen LogP contribution in [0.15, 0.2) is 0 Å². The summed E-state index contributed by atoms with van der Waals surface area (Å²) < 4.78 is 9.30. The molecule has 1 atom stereocenters. The van der Waals surface area contributed by atoms with E-state index in [1.165, 1.54) is 7.11 Å². The number of esters is 2. The quantitative estimate of drug-likeness (QED) is 0.616. The molecule has 0 bridgehead atoms. The summed E-state index contributed by atoms with van der Waals surface area (Å²) in [4.78, 5) is 35.2. The minimum absolute atomic E-state index is 0.0244. The van der Waals surface area contributed by atoms with Gasteiger partial charge in [-0.1, -0.05) is 0 Å². The maximum atomic E-state index is 11.3. The molecule has 0 spiro atoms. The van der Waals surface area contributed by atoms with Gasteiger partial charge in [0.25, 0.3) is 0 Å². The number of amides is 1. The van der Waals surface area contributed by atoms with Gasteiger partial charge >= 0.3 is 11.9 Å². The first-order chi connectivity index (χ1) is 8.06. The third kappa shape index (κ3) is 4.03. The van der Waals surface area contributed by atoms with Crippen molar-refractivity contribution in [1.82, 2.24) is 10.2 Å². The predicted molar refractivity (Wildman–Crippen MR) is 56.8 cm³/mol. The third-order valence-electron chi connectivity index (χ3n) is 2.34. The van der Waals surface area contributed by atoms with E-state index in [2.05, 4.69) is 10.1 Å². The fraction of sp³-hybridized carbons (Fsp3) is 0.700. The number of hydrogen-bond acceptors (Lipinski definition) is 6. The Kier molecular flexibility index (Phi) is 4.89. The Balaban J connectivity index is 2.52. The molecule has 7 heteroatoms. The predicted octanol–water partition coefficient (Wildman–Crippen LogP) is -1.13. The van der Waals surface area contributed by atoms with E-state index in [-0.39, 0.29) is 32.0 Å². The molecule has 0 aromatic heterocycles. The molecule has 0 aliphatic carbocycles. The van der Waals surface area contributed by atoms with E-state index in [9.17, 15) is 14.4 Å². The molecule has 0 saturated carbocycles. The number of carbonyl (C=O) groups excluding carboxylic acids is 3. The monoisotopic (exact) mass is 244 g/mol. The summed E-state index contributed by atoms with van der Waals surface area (Å²) in [5, 5.41) is 2.60. The van der Waals surface area contributed by atoms with Crippen molar-refractivity contribution in [3.05, 3.63) is 0 Å². The van der Waals surface area contributed by atoms with Crippen molar-refractivity contribution in [1.29, 1.82) is 0 Å². The summed E-state index contributed by atoms with van der Waals surface area (Å²) in [6, 6.07) is 0. The topological polar surface area (TPSA) is 84.9 Å². The van der Waals surface area contributed by atoms with Crippen LogP contribution in [-0.2, 0) is 23.9 Å². The van der Waals surface area contributed by atoms with Crippen LogP contribution < -0.4 is 5.32 Å². The largest absolute Gasteiger partial charge is 0.468 e. The SMILES string of the molecule is CCOC(=O)CC1NC(=O)CN1CC(=O)OC. The molecule has 7 nitrogen and oxygen atoms in total. The molecular formula is C10H16N2O5. The minimum Gasteiger partial charge on any atom is -0.468 e. The number of ether oxygens (including phenoxy) is 2. The lowest BCUT2D eigenvalue weighted by atomic mass is 10.3. The summed E-state index contributed by atoms with van der Waals surface area (Å²) in [5.74, 6) is -1.08. The zero-order chi connectivity index (χ0) is 12.8. The standard InChI is InChI=1S/C10H16N2O5/c1-3-17-9(14)4-7-11-8(13)5-12(7)6-10(15)16-2/h7H,3-6H2,1-2H3,(H,11,13). The number of carbonyl (C=O) groups is 3. The first kappa shape index (κ1) is 13.4. The molecular weight excluding hydrogens is 228 g/mol. The molecule has 96 valence electrons. The summed E-state index contributed by atoms with van der Waals surface area (Å²) in [6.07, 6.45) is -0.475. The van der Waals surface area contributed by atoms with Crippen molar-refractivity contribution < 1.29 is 23.9 Å². The van der Waals surface area contributed by atoms with Crippen LogP contribution in [0.4, 0.5) is 0 Å². The molecule has 0 radical (unpaired) electrons. The van der Waals surface area contributed by atoms with Crippen LogP contribution in [0, 0.1) is 0 Å². The van der Waals surface area contributed by atoms with Gasteiger partial charge in [-0.25, -0.2) is 0 Å². The molecule has 1 fully saturated rings. The van der Waals surface area contributed by atoms with Crippen molar-refractivity contribution in [2.24, 2.45) is 0 Å². The molecule has 1 saturated heterocycles. The lowest BCUT2D eigenvalue weighted by Crippen LogP contribution is -2.41. The highest BCUT2D eigenvalue weighted by atomic mass is 16.5. The van der Waals surface area contributed by atoms with Gasteiger partial charge in [0.2, 0.25) is 5.91 Å². The van der Waals surface area contributed by atoms with Crippen LogP contribution in [0.1, 0.15) is 13.3 Å². The van der Waals surface area contributed by atoms with E-state index >= 15 is 0 Å². The van der Waals surface area contributed by atoms with Gasteiger partial charge in [-0.3, -0.25) is 19.3 Å². The lowest BCUT2D eigenvalue weighted by Gasteiger charge is -2.20. The number of methoxy groups -OCH3 is 1. The molecule has 0 aromatic rings. The summed E-state index contributed by atoms with van der Waals surface area (Å²) in [7, 11) is 1.27. The van der Waals surface area contributed by atoms with E-state index in [0.717, 1.165) is 0 Å². The first-order valence-electron chi connectivity index (χ1n) is 5.32. The molecule has 1 amide bonds. The summed E-state index contributed by atoms with van der Waals surface area (Å²) >= 11 is 0. The second kappa shape index (κ2) is 6.19. The van der Waals surface area contributed by atoms with Crippen molar-refractivity contribution >= 4 is 17.8 Å². The highest BCUT2D eigenvalue weighted by molar-refractivity contribution is 5.83. The number of nitrogens with zero attached hydrogens (tertiary/aromatic N) is 1. The van der Waals surface area contributed by atoms with Gasteiger partial charge in [0.05, 0.1) is 39.4 Å². The molecule has 0 aromatic carbocycles. The molecule has 1 unspecified atom stereocenters. The van der Waals surface area contributed by atoms with Crippen LogP contribution >= 0.6 is 0 Å². The van der Waals surface area contributed by atoms with Gasteiger partial charge in [0, 0.05) is 0 Å². The van der Waals surface area contributed by atoms with Crippen LogP contribution in [0.2, 0.25) is 0 Å². The zero-order valence-corrected chi connectivity index (χ0v) is 9.89. The van der Waals surface area contributed by atoms with Crippen LogP contribution in [0.25, 0.3) is 0 Å². The Hall–Kier alpha value is -1.63. The highest BCUT2D eigenvalue weighted by Crippen LogP contribution is 2.09. The Labute approximate surface area is 99.0 Å². The Morgan fingerprint density at radius 1 is 1.47 bits per heavy atom. The van der Waals surface area contributed by atoms with Crippen LogP contribution in [-0.4, -0.2) is 55.7 Å². The van der Waals surface area contributed by atoms with Crippen molar-refractivity contribution in [3.63, 3.8) is 0 Å². The Morgan fingerprint density at radius 3 is 2.76 bits per heavy atom. The van der Waals surface area contributed by atoms with E-state index in [1.807, 2.05) is 0 Å². The molecule has 1 N–H and O–H groups in total. The van der Waals surface area contributed by atoms with Gasteiger partial charge in [-0.15, -0.1) is 0 Å². The molecule has 17 heavy (non-hydrogen) atoms. The van der Waals surface area contributed by atoms with Gasteiger partial charge in [0.1, 0.15) is 0 Å². The number of rotatable bonds is 5. The van der Waals surface area contributed by atoms with Crippen molar-refractivity contribution in [3.8, 4) is 0 Å². The average Bonchev–Trinajstić information content (AvgIpc) is 2.59. The third-order valence-corrected chi connectivity index (χ3v) is 2.34. The normalized spacial score (nSPS) is 19.9. The van der Waals surface area contributed by atoms with Crippen LogP contribution in [0.3, 0.4) is 0 Å². The van der Waals surface area contributed by atoms with Gasteiger partial charge in [-0.2, -0.15) is 0 Å². The lowest BCUT2D eigenvalue weighted by molar-refractivity contribution is -0.147. The molecule has 1 heterocycles. The van der Waals surface area contributed by atoms with Gasteiger partial charge < -0.3 is 14.8 Å². The number of nitrogens with one attached hydrogen (secondary N) is 1. The Bertz CT molecular complexity index is 318. The fourth-order valence-electron chi connectivity index (χ4n) is 1.57. The Morgan fingerprint density at radius 2 is 2.18 bits per heavy atom. The maximum absolute atomic E-state index is 11.3. The summed E-state index contributed by atoms with van der Waals surface area (Å²) in [5.41, 5.74) is 0. The smallest absolute Gasteiger partial charge is 0.319 e. The fourth-order valence-corrected chi connectivity index (χ4v) is 1.57. The maximum Gasteiger partial charge on any atom is 0.319 e. The second-order valence-corrected chi connectivity index (χ2v) is 3.57. The molecule has 1 aliphatic heterocycles. The molecule has 1 rings (SSSR count). The van der Waals surface area contributed by atoms with E-state index in [0.29, 0.717) is 0 Å². The zero-order valence-electron chi connectivity index (χ0n) is 9.89. The van der Waals surface area contributed by atoms with Crippen molar-refractivity contribution in [2.75, 3.05) is 26.8 Å². The highest BCUT2D eigenvalue weighted by Gasteiger charge is 2.33. The van der Waals surface area contributed by atoms with E-state index in [1.54, 1.807) is 11.8 Å². The van der Waals surface area contributed by atoms with E-state index < -0.39 is 18.1 Å².